The predicted octanol–water partition coefficient (Wildman–Crippen LogP) is 3.65. The number of amides is 1. The zero-order chi connectivity index (χ0) is 19.1. The first-order chi connectivity index (χ1) is 13.7. The molecule has 2 aliphatic heterocycles. The molecule has 1 atom stereocenters. The summed E-state index contributed by atoms with van der Waals surface area (Å²) in [5.74, 6) is 0.160. The van der Waals surface area contributed by atoms with Gasteiger partial charge in [-0.3, -0.25) is 14.8 Å². The van der Waals surface area contributed by atoms with Crippen LogP contribution in [0.2, 0.25) is 0 Å². The standard InChI is InChI=1S/C22H22N4OS/c1-16-6-11-28-19(16)21(27)25-10-7-22(14-25)15-26(13-17-4-2-8-23-12-17)18-5-3-9-24-20(18)22/h2-6,8-9,11-12H,7,10,13-15H2,1H3/t22-/m1/s1. The highest BCUT2D eigenvalue weighted by Gasteiger charge is 2.49. The molecule has 5 rings (SSSR count). The number of carbonyl (C=O) groups excluding carboxylic acids is 1. The number of pyridine rings is 2. The summed E-state index contributed by atoms with van der Waals surface area (Å²) in [4.78, 5) is 27.3. The van der Waals surface area contributed by atoms with Gasteiger partial charge in [-0.05, 0) is 54.1 Å². The van der Waals surface area contributed by atoms with E-state index in [4.69, 9.17) is 4.98 Å². The molecule has 0 unspecified atom stereocenters. The van der Waals surface area contributed by atoms with Crippen LogP contribution in [0, 0.1) is 6.92 Å². The molecule has 142 valence electrons. The fraction of sp³-hybridized carbons (Fsp3) is 0.318. The second kappa shape index (κ2) is 6.71. The zero-order valence-corrected chi connectivity index (χ0v) is 16.7. The largest absolute Gasteiger partial charge is 0.365 e. The van der Waals surface area contributed by atoms with Crippen molar-refractivity contribution in [2.24, 2.45) is 0 Å². The van der Waals surface area contributed by atoms with Crippen molar-refractivity contribution < 1.29 is 4.79 Å². The Labute approximate surface area is 168 Å². The first-order valence-electron chi connectivity index (χ1n) is 9.59. The average molecular weight is 391 g/mol. The van der Waals surface area contributed by atoms with Crippen LogP contribution in [0.4, 0.5) is 5.69 Å². The lowest BCUT2D eigenvalue weighted by Gasteiger charge is -2.25. The van der Waals surface area contributed by atoms with Crippen LogP contribution in [0.5, 0.6) is 0 Å². The van der Waals surface area contributed by atoms with E-state index in [1.54, 1.807) is 6.20 Å². The third-order valence-corrected chi connectivity index (χ3v) is 6.92. The minimum absolute atomic E-state index is 0.0837. The summed E-state index contributed by atoms with van der Waals surface area (Å²) in [7, 11) is 0. The van der Waals surface area contributed by atoms with Crippen LogP contribution in [0.1, 0.15) is 32.9 Å². The van der Waals surface area contributed by atoms with Crippen molar-refractivity contribution in [1.29, 1.82) is 0 Å². The first kappa shape index (κ1) is 17.4. The van der Waals surface area contributed by atoms with E-state index in [0.717, 1.165) is 48.7 Å². The summed E-state index contributed by atoms with van der Waals surface area (Å²) < 4.78 is 0. The smallest absolute Gasteiger partial charge is 0.264 e. The Balaban J connectivity index is 1.43. The summed E-state index contributed by atoms with van der Waals surface area (Å²) >= 11 is 1.54. The van der Waals surface area contributed by atoms with Gasteiger partial charge in [0, 0.05) is 44.8 Å². The number of hydrogen-bond acceptors (Lipinski definition) is 5. The highest BCUT2D eigenvalue weighted by molar-refractivity contribution is 7.12. The first-order valence-corrected chi connectivity index (χ1v) is 10.5. The van der Waals surface area contributed by atoms with Crippen LogP contribution >= 0.6 is 11.3 Å². The highest BCUT2D eigenvalue weighted by atomic mass is 32.1. The summed E-state index contributed by atoms with van der Waals surface area (Å²) in [6.07, 6.45) is 6.56. The Morgan fingerprint density at radius 3 is 2.89 bits per heavy atom. The third-order valence-electron chi connectivity index (χ3n) is 5.92. The van der Waals surface area contributed by atoms with E-state index in [0.29, 0.717) is 0 Å². The molecule has 0 radical (unpaired) electrons. The Hall–Kier alpha value is -2.73. The monoisotopic (exact) mass is 390 g/mol. The number of carbonyl (C=O) groups is 1. The van der Waals surface area contributed by atoms with Gasteiger partial charge >= 0.3 is 0 Å². The summed E-state index contributed by atoms with van der Waals surface area (Å²) in [5, 5.41) is 2.00. The van der Waals surface area contributed by atoms with Crippen LogP contribution in [-0.4, -0.2) is 40.4 Å². The number of rotatable bonds is 3. The predicted molar refractivity (Wildman–Crippen MR) is 111 cm³/mol. The molecule has 0 aromatic carbocycles. The fourth-order valence-electron chi connectivity index (χ4n) is 4.54. The lowest BCUT2D eigenvalue weighted by molar-refractivity contribution is 0.0788. The number of aryl methyl sites for hydroxylation is 1. The molecule has 1 amide bonds. The van der Waals surface area contributed by atoms with E-state index in [2.05, 4.69) is 22.0 Å². The molecular weight excluding hydrogens is 368 g/mol. The number of hydrogen-bond donors (Lipinski definition) is 0. The van der Waals surface area contributed by atoms with Gasteiger partial charge in [-0.2, -0.15) is 0 Å². The van der Waals surface area contributed by atoms with E-state index < -0.39 is 0 Å². The molecule has 3 aromatic heterocycles. The Morgan fingerprint density at radius 2 is 2.11 bits per heavy atom. The second-order valence-corrected chi connectivity index (χ2v) is 8.69. The van der Waals surface area contributed by atoms with Gasteiger partial charge in [0.2, 0.25) is 0 Å². The minimum Gasteiger partial charge on any atom is -0.365 e. The maximum atomic E-state index is 13.0. The van der Waals surface area contributed by atoms with Gasteiger partial charge in [-0.1, -0.05) is 6.07 Å². The van der Waals surface area contributed by atoms with Crippen LogP contribution < -0.4 is 4.90 Å². The Bertz CT molecular complexity index is 1020. The molecule has 6 heteroatoms. The van der Waals surface area contributed by atoms with Crippen LogP contribution in [0.3, 0.4) is 0 Å². The lowest BCUT2D eigenvalue weighted by atomic mass is 9.85. The van der Waals surface area contributed by atoms with Crippen LogP contribution in [-0.2, 0) is 12.0 Å². The third kappa shape index (κ3) is 2.79. The van der Waals surface area contributed by atoms with Crippen molar-refractivity contribution in [1.82, 2.24) is 14.9 Å². The highest BCUT2D eigenvalue weighted by Crippen LogP contribution is 2.46. The molecule has 5 nitrogen and oxygen atoms in total. The number of anilines is 1. The Kier molecular flexibility index (Phi) is 4.16. The number of aromatic nitrogens is 2. The van der Waals surface area contributed by atoms with Crippen molar-refractivity contribution in [2.45, 2.75) is 25.3 Å². The van der Waals surface area contributed by atoms with Gasteiger partial charge in [0.05, 0.1) is 21.7 Å². The molecule has 5 heterocycles. The van der Waals surface area contributed by atoms with E-state index in [-0.39, 0.29) is 11.3 Å². The van der Waals surface area contributed by atoms with E-state index in [1.807, 2.05) is 47.8 Å². The molecule has 1 fully saturated rings. The molecule has 0 saturated carbocycles. The van der Waals surface area contributed by atoms with Gasteiger partial charge in [-0.15, -0.1) is 11.3 Å². The maximum Gasteiger partial charge on any atom is 0.264 e. The van der Waals surface area contributed by atoms with Crippen molar-refractivity contribution in [3.8, 4) is 0 Å². The van der Waals surface area contributed by atoms with Crippen molar-refractivity contribution in [3.05, 3.63) is 76.0 Å². The number of nitrogens with zero attached hydrogens (tertiary/aromatic N) is 4. The number of fused-ring (bicyclic) bond motifs is 2. The fourth-order valence-corrected chi connectivity index (χ4v) is 5.43. The van der Waals surface area contributed by atoms with Gasteiger partial charge in [0.15, 0.2) is 0 Å². The molecule has 2 aliphatic rings. The van der Waals surface area contributed by atoms with Gasteiger partial charge in [-0.25, -0.2) is 0 Å². The molecule has 28 heavy (non-hydrogen) atoms. The maximum absolute atomic E-state index is 13.0. The van der Waals surface area contributed by atoms with Gasteiger partial charge in [0.1, 0.15) is 0 Å². The molecule has 1 spiro atoms. The van der Waals surface area contributed by atoms with Gasteiger partial charge in [0.25, 0.3) is 5.91 Å². The van der Waals surface area contributed by atoms with E-state index in [9.17, 15) is 4.79 Å². The van der Waals surface area contributed by atoms with E-state index in [1.165, 1.54) is 22.6 Å². The van der Waals surface area contributed by atoms with Crippen molar-refractivity contribution in [3.63, 3.8) is 0 Å². The van der Waals surface area contributed by atoms with Crippen LogP contribution in [0.15, 0.2) is 54.3 Å². The molecule has 3 aromatic rings. The zero-order valence-electron chi connectivity index (χ0n) is 15.8. The molecular formula is C22H22N4OS. The number of thiophene rings is 1. The molecule has 0 aliphatic carbocycles. The molecule has 0 N–H and O–H groups in total. The SMILES string of the molecule is Cc1ccsc1C(=O)N1CC[C@@]2(C1)CN(Cc1cccnc1)c1cccnc12. The quantitative estimate of drug-likeness (QED) is 0.685. The lowest BCUT2D eigenvalue weighted by Crippen LogP contribution is -2.38. The van der Waals surface area contributed by atoms with Crippen molar-refractivity contribution in [2.75, 3.05) is 24.5 Å². The number of likely N-dealkylation sites (tertiary alicyclic amines) is 1. The second-order valence-electron chi connectivity index (χ2n) is 7.78. The van der Waals surface area contributed by atoms with Gasteiger partial charge < -0.3 is 9.80 Å². The summed E-state index contributed by atoms with van der Waals surface area (Å²) in [6.45, 7) is 5.23. The van der Waals surface area contributed by atoms with Crippen molar-refractivity contribution >= 4 is 22.9 Å². The molecule has 0 bridgehead atoms. The Morgan fingerprint density at radius 1 is 1.21 bits per heavy atom. The summed E-state index contributed by atoms with van der Waals surface area (Å²) in [6, 6.07) is 10.3. The minimum atomic E-state index is -0.0837. The topological polar surface area (TPSA) is 49.3 Å². The van der Waals surface area contributed by atoms with E-state index >= 15 is 0 Å². The molecule has 1 saturated heterocycles. The van der Waals surface area contributed by atoms with Crippen LogP contribution in [0.25, 0.3) is 0 Å². The average Bonchev–Trinajstić information content (AvgIpc) is 3.42. The normalized spacial score (nSPS) is 20.8. The summed E-state index contributed by atoms with van der Waals surface area (Å²) in [5.41, 5.74) is 4.50.